The number of fused-ring (bicyclic) bond motifs is 1. The van der Waals surface area contributed by atoms with E-state index in [1.54, 1.807) is 35.0 Å². The molecule has 0 radical (unpaired) electrons. The molecule has 4 nitrogen and oxygen atoms in total. The summed E-state index contributed by atoms with van der Waals surface area (Å²) in [5.41, 5.74) is 1.37. The summed E-state index contributed by atoms with van der Waals surface area (Å²) in [7, 11) is 0. The van der Waals surface area contributed by atoms with Crippen molar-refractivity contribution in [1.82, 2.24) is 4.98 Å². The van der Waals surface area contributed by atoms with Crippen LogP contribution in [0.3, 0.4) is 0 Å². The van der Waals surface area contributed by atoms with E-state index in [4.69, 9.17) is 0 Å². The number of rotatable bonds is 3. The van der Waals surface area contributed by atoms with Crippen LogP contribution in [0.15, 0.2) is 94.9 Å². The first kappa shape index (κ1) is 19.8. The number of allylic oxidation sites excluding steroid dienone is 1. The third-order valence-electron chi connectivity index (χ3n) is 6.04. The van der Waals surface area contributed by atoms with Crippen LogP contribution in [-0.4, -0.2) is 16.7 Å². The molecule has 2 aromatic carbocycles. The van der Waals surface area contributed by atoms with Crippen molar-refractivity contribution in [3.05, 3.63) is 95.5 Å². The highest BCUT2D eigenvalue weighted by Crippen LogP contribution is 2.49. The van der Waals surface area contributed by atoms with Crippen molar-refractivity contribution in [2.45, 2.75) is 30.6 Å². The summed E-state index contributed by atoms with van der Waals surface area (Å²) in [6.45, 7) is 0. The molecule has 1 spiro atoms. The van der Waals surface area contributed by atoms with Crippen molar-refractivity contribution in [1.29, 1.82) is 0 Å². The second-order valence-corrected chi connectivity index (χ2v) is 8.94. The third-order valence-corrected chi connectivity index (χ3v) is 7.04. The van der Waals surface area contributed by atoms with Gasteiger partial charge in [-0.25, -0.2) is 4.98 Å². The molecule has 5 heteroatoms. The van der Waals surface area contributed by atoms with Crippen molar-refractivity contribution in [3.8, 4) is 0 Å². The topological polar surface area (TPSA) is 50.3 Å². The van der Waals surface area contributed by atoms with E-state index in [0.29, 0.717) is 24.2 Å². The number of benzene rings is 2. The van der Waals surface area contributed by atoms with Gasteiger partial charge in [-0.15, -0.1) is 0 Å². The Labute approximate surface area is 186 Å². The standard InChI is InChI=1S/C26H22N2O2S/c29-23-22-14-8-16-27-24(22)28(20-10-3-1-4-11-20)25(30)26(23)15-7-9-19(17-26)18-31-21-12-5-2-6-13-21/h1-6,8,10-14,16,18H,7,9,15,17H2/b19-18-. The fraction of sp³-hybridized carbons (Fsp3) is 0.192. The second kappa shape index (κ2) is 8.16. The zero-order valence-corrected chi connectivity index (χ0v) is 17.8. The minimum Gasteiger partial charge on any atom is -0.293 e. The molecule has 1 fully saturated rings. The molecule has 2 heterocycles. The molecule has 0 saturated heterocycles. The number of Topliss-reactive ketones (excluding diaryl/α,β-unsaturated/α-hetero) is 1. The maximum absolute atomic E-state index is 13.9. The number of carbonyl (C=O) groups excluding carboxylic acids is 2. The summed E-state index contributed by atoms with van der Waals surface area (Å²) in [6.07, 6.45) is 4.39. The maximum atomic E-state index is 13.9. The summed E-state index contributed by atoms with van der Waals surface area (Å²) in [5, 5.41) is 2.13. The van der Waals surface area contributed by atoms with Crippen molar-refractivity contribution in [2.75, 3.05) is 4.90 Å². The number of hydrogen-bond acceptors (Lipinski definition) is 4. The molecule has 1 atom stereocenters. The number of aromatic nitrogens is 1. The fourth-order valence-corrected chi connectivity index (χ4v) is 5.36. The molecule has 1 saturated carbocycles. The van der Waals surface area contributed by atoms with Crippen LogP contribution in [0.2, 0.25) is 0 Å². The number of hydrogen-bond donors (Lipinski definition) is 0. The van der Waals surface area contributed by atoms with Gasteiger partial charge < -0.3 is 0 Å². The Morgan fingerprint density at radius 1 is 0.935 bits per heavy atom. The smallest absolute Gasteiger partial charge is 0.247 e. The van der Waals surface area contributed by atoms with Crippen LogP contribution < -0.4 is 4.90 Å². The Morgan fingerprint density at radius 2 is 1.68 bits per heavy atom. The zero-order valence-electron chi connectivity index (χ0n) is 17.0. The molecule has 1 aliphatic heterocycles. The van der Waals surface area contributed by atoms with Gasteiger partial charge in [0.1, 0.15) is 5.41 Å². The van der Waals surface area contributed by atoms with Gasteiger partial charge in [0.05, 0.1) is 11.3 Å². The molecule has 1 aromatic heterocycles. The minimum absolute atomic E-state index is 0.0944. The van der Waals surface area contributed by atoms with Crippen molar-refractivity contribution >= 4 is 35.0 Å². The summed E-state index contributed by atoms with van der Waals surface area (Å²) < 4.78 is 0. The Kier molecular flexibility index (Phi) is 5.20. The first-order valence-corrected chi connectivity index (χ1v) is 11.4. The predicted octanol–water partition coefficient (Wildman–Crippen LogP) is 6.18. The highest BCUT2D eigenvalue weighted by molar-refractivity contribution is 8.02. The molecule has 3 aromatic rings. The minimum atomic E-state index is -1.06. The van der Waals surface area contributed by atoms with Gasteiger partial charge in [0, 0.05) is 11.1 Å². The van der Waals surface area contributed by atoms with Gasteiger partial charge in [-0.05, 0) is 67.5 Å². The number of amides is 1. The molecule has 0 N–H and O–H groups in total. The Bertz CT molecular complexity index is 1160. The number of carbonyl (C=O) groups is 2. The van der Waals surface area contributed by atoms with Crippen LogP contribution in [0.5, 0.6) is 0 Å². The predicted molar refractivity (Wildman–Crippen MR) is 123 cm³/mol. The van der Waals surface area contributed by atoms with Crippen LogP contribution >= 0.6 is 11.8 Å². The van der Waals surface area contributed by atoms with Gasteiger partial charge in [0.2, 0.25) is 5.91 Å². The monoisotopic (exact) mass is 426 g/mol. The summed E-state index contributed by atoms with van der Waals surface area (Å²) >= 11 is 1.65. The number of nitrogens with zero attached hydrogens (tertiary/aromatic N) is 2. The number of pyridine rings is 1. The Balaban J connectivity index is 1.55. The average molecular weight is 427 g/mol. The van der Waals surface area contributed by atoms with Crippen LogP contribution in [0.4, 0.5) is 11.5 Å². The van der Waals surface area contributed by atoms with Gasteiger partial charge >= 0.3 is 0 Å². The van der Waals surface area contributed by atoms with Gasteiger partial charge in [0.15, 0.2) is 11.6 Å². The van der Waals surface area contributed by atoms with Crippen molar-refractivity contribution in [3.63, 3.8) is 0 Å². The van der Waals surface area contributed by atoms with Gasteiger partial charge in [0.25, 0.3) is 0 Å². The van der Waals surface area contributed by atoms with E-state index in [2.05, 4.69) is 22.5 Å². The van der Waals surface area contributed by atoms with Crippen molar-refractivity contribution < 1.29 is 9.59 Å². The lowest BCUT2D eigenvalue weighted by Gasteiger charge is -2.43. The third kappa shape index (κ3) is 3.49. The lowest BCUT2D eigenvalue weighted by molar-refractivity contribution is -0.126. The molecule has 0 bridgehead atoms. The van der Waals surface area contributed by atoms with Gasteiger partial charge in [-0.1, -0.05) is 53.7 Å². The molecule has 31 heavy (non-hydrogen) atoms. The SMILES string of the molecule is O=C1c2cccnc2N(c2ccccc2)C(=O)C12CCC/C(=C/Sc1ccccc1)C2. The number of thioether (sulfide) groups is 1. The largest absolute Gasteiger partial charge is 0.293 e. The molecule has 5 rings (SSSR count). The van der Waals surface area contributed by atoms with Gasteiger partial charge in [-0.2, -0.15) is 0 Å². The van der Waals surface area contributed by atoms with E-state index in [1.165, 1.54) is 0 Å². The lowest BCUT2D eigenvalue weighted by atomic mass is 9.65. The first-order valence-electron chi connectivity index (χ1n) is 10.5. The summed E-state index contributed by atoms with van der Waals surface area (Å²) in [5.74, 6) is 0.178. The quantitative estimate of drug-likeness (QED) is 0.371. The van der Waals surface area contributed by atoms with E-state index in [9.17, 15) is 9.59 Å². The van der Waals surface area contributed by atoms with E-state index >= 15 is 0 Å². The molecular weight excluding hydrogens is 404 g/mol. The van der Waals surface area contributed by atoms with Crippen LogP contribution in [0.1, 0.15) is 36.0 Å². The molecular formula is C26H22N2O2S. The lowest BCUT2D eigenvalue weighted by Crippen LogP contribution is -2.52. The van der Waals surface area contributed by atoms with Crippen LogP contribution in [0, 0.1) is 5.41 Å². The number of ketones is 1. The highest BCUT2D eigenvalue weighted by atomic mass is 32.2. The van der Waals surface area contributed by atoms with Crippen molar-refractivity contribution in [2.24, 2.45) is 5.41 Å². The molecule has 1 unspecified atom stereocenters. The highest BCUT2D eigenvalue weighted by Gasteiger charge is 2.54. The van der Waals surface area contributed by atoms with E-state index < -0.39 is 5.41 Å². The Morgan fingerprint density at radius 3 is 2.45 bits per heavy atom. The molecule has 1 amide bonds. The second-order valence-electron chi connectivity index (χ2n) is 8.00. The number of anilines is 2. The van der Waals surface area contributed by atoms with Crippen LogP contribution in [-0.2, 0) is 4.79 Å². The first-order chi connectivity index (χ1) is 15.2. The zero-order chi connectivity index (χ0) is 21.3. The number of para-hydroxylation sites is 1. The summed E-state index contributed by atoms with van der Waals surface area (Å²) in [4.78, 5) is 34.8. The van der Waals surface area contributed by atoms with E-state index in [-0.39, 0.29) is 11.7 Å². The summed E-state index contributed by atoms with van der Waals surface area (Å²) in [6, 6.07) is 23.2. The molecule has 2 aliphatic rings. The van der Waals surface area contributed by atoms with E-state index in [0.717, 1.165) is 29.0 Å². The normalized spacial score (nSPS) is 22.1. The average Bonchev–Trinajstić information content (AvgIpc) is 2.83. The molecule has 1 aliphatic carbocycles. The Hall–Kier alpha value is -3.18. The molecule has 154 valence electrons. The van der Waals surface area contributed by atoms with E-state index in [1.807, 2.05) is 48.5 Å². The van der Waals surface area contributed by atoms with Gasteiger partial charge in [-0.3, -0.25) is 14.5 Å². The fourth-order valence-electron chi connectivity index (χ4n) is 4.54. The maximum Gasteiger partial charge on any atom is 0.247 e. The van der Waals surface area contributed by atoms with Crippen LogP contribution in [0.25, 0.3) is 0 Å².